The summed E-state index contributed by atoms with van der Waals surface area (Å²) >= 11 is 0. The maximum atomic E-state index is 12.0. The van der Waals surface area contributed by atoms with E-state index in [1.54, 1.807) is 13.8 Å². The standard InChI is InChI=1S/C12H17NO6.Na/c1-4-8(12(17)18)13-9(10(4)15)7(11(13)16)5(2)19-6(3)14;/h4-5,7-10,15H,1-3H3,(H,17,18);/q;+1/p-1/t4?,5?,7?,8?,9-,10?;/m0./s1. The van der Waals surface area contributed by atoms with Gasteiger partial charge in [-0.2, -0.15) is 0 Å². The summed E-state index contributed by atoms with van der Waals surface area (Å²) in [4.78, 5) is 35.1. The van der Waals surface area contributed by atoms with Gasteiger partial charge in [-0.05, 0) is 6.92 Å². The molecule has 20 heavy (non-hydrogen) atoms. The summed E-state index contributed by atoms with van der Waals surface area (Å²) in [6.07, 6.45) is -1.64. The molecule has 2 rings (SSSR count). The average molecular weight is 293 g/mol. The molecule has 5 unspecified atom stereocenters. The van der Waals surface area contributed by atoms with Gasteiger partial charge in [-0.25, -0.2) is 0 Å². The van der Waals surface area contributed by atoms with Crippen molar-refractivity contribution in [2.24, 2.45) is 11.8 Å². The number of carboxylic acid groups (broad SMARTS) is 1. The first-order valence-electron chi connectivity index (χ1n) is 6.15. The predicted molar refractivity (Wildman–Crippen MR) is 59.3 cm³/mol. The fourth-order valence-electron chi connectivity index (χ4n) is 3.15. The van der Waals surface area contributed by atoms with Crippen molar-refractivity contribution in [1.29, 1.82) is 0 Å². The Kier molecular flexibility index (Phi) is 5.23. The van der Waals surface area contributed by atoms with Crippen molar-refractivity contribution in [1.82, 2.24) is 4.90 Å². The quantitative estimate of drug-likeness (QED) is 0.317. The SMILES string of the molecule is CC(=O)OC(C)C1C(=O)N2C(C(=O)[O-])C(C)C(O)[C@H]12.[Na+]. The van der Waals surface area contributed by atoms with Crippen molar-refractivity contribution in [2.75, 3.05) is 0 Å². The number of carboxylic acids is 1. The molecule has 7 nitrogen and oxygen atoms in total. The van der Waals surface area contributed by atoms with Crippen LogP contribution in [0.25, 0.3) is 0 Å². The molecule has 2 aliphatic rings. The number of aliphatic hydroxyl groups excluding tert-OH is 1. The van der Waals surface area contributed by atoms with Gasteiger partial charge in [0.15, 0.2) is 0 Å². The van der Waals surface area contributed by atoms with E-state index in [2.05, 4.69) is 0 Å². The van der Waals surface area contributed by atoms with Crippen molar-refractivity contribution in [3.8, 4) is 0 Å². The Morgan fingerprint density at radius 2 is 2.00 bits per heavy atom. The van der Waals surface area contributed by atoms with Gasteiger partial charge in [0, 0.05) is 12.8 Å². The smallest absolute Gasteiger partial charge is 0.548 e. The van der Waals surface area contributed by atoms with Crippen LogP contribution in [-0.4, -0.2) is 52.1 Å². The van der Waals surface area contributed by atoms with Crippen LogP contribution in [0, 0.1) is 11.8 Å². The Morgan fingerprint density at radius 1 is 1.45 bits per heavy atom. The van der Waals surface area contributed by atoms with E-state index >= 15 is 0 Å². The molecule has 2 heterocycles. The van der Waals surface area contributed by atoms with Crippen LogP contribution in [-0.2, 0) is 19.1 Å². The number of β-lactam (4-membered cyclic amide) rings is 1. The predicted octanol–water partition coefficient (Wildman–Crippen LogP) is -5.10. The second-order valence-electron chi connectivity index (χ2n) is 5.19. The van der Waals surface area contributed by atoms with Gasteiger partial charge >= 0.3 is 35.5 Å². The number of aliphatic carboxylic acids is 1. The van der Waals surface area contributed by atoms with Crippen molar-refractivity contribution in [3.63, 3.8) is 0 Å². The molecule has 0 radical (unpaired) electrons. The largest absolute Gasteiger partial charge is 1.00 e. The zero-order valence-electron chi connectivity index (χ0n) is 11.9. The molecule has 0 spiro atoms. The van der Waals surface area contributed by atoms with E-state index in [1.807, 2.05) is 0 Å². The molecule has 2 aliphatic heterocycles. The van der Waals surface area contributed by atoms with Gasteiger partial charge in [0.2, 0.25) is 5.91 Å². The summed E-state index contributed by atoms with van der Waals surface area (Å²) in [5, 5.41) is 21.1. The van der Waals surface area contributed by atoms with Gasteiger partial charge in [0.25, 0.3) is 0 Å². The molecule has 106 valence electrons. The Morgan fingerprint density at radius 3 is 2.45 bits per heavy atom. The van der Waals surface area contributed by atoms with Crippen molar-refractivity contribution < 1.29 is 58.9 Å². The summed E-state index contributed by atoms with van der Waals surface area (Å²) < 4.78 is 4.95. The molecule has 6 atom stereocenters. The van der Waals surface area contributed by atoms with E-state index in [4.69, 9.17) is 4.74 Å². The fraction of sp³-hybridized carbons (Fsp3) is 0.750. The zero-order chi connectivity index (χ0) is 14.5. The van der Waals surface area contributed by atoms with E-state index in [0.717, 1.165) is 4.90 Å². The molecule has 0 aromatic rings. The van der Waals surface area contributed by atoms with Gasteiger partial charge < -0.3 is 24.6 Å². The molecular weight excluding hydrogens is 277 g/mol. The number of aliphatic hydroxyl groups is 1. The average Bonchev–Trinajstić information content (AvgIpc) is 2.49. The van der Waals surface area contributed by atoms with Crippen LogP contribution < -0.4 is 34.7 Å². The number of rotatable bonds is 3. The molecule has 0 aliphatic carbocycles. The van der Waals surface area contributed by atoms with E-state index in [0.29, 0.717) is 0 Å². The number of carbonyl (C=O) groups is 3. The summed E-state index contributed by atoms with van der Waals surface area (Å²) in [6, 6.07) is -1.74. The maximum Gasteiger partial charge on any atom is 1.00 e. The Labute approximate surface area is 138 Å². The van der Waals surface area contributed by atoms with Crippen LogP contribution in [0.1, 0.15) is 20.8 Å². The molecule has 0 saturated carbocycles. The normalized spacial score (nSPS) is 36.5. The van der Waals surface area contributed by atoms with E-state index in [1.165, 1.54) is 6.92 Å². The van der Waals surface area contributed by atoms with Crippen LogP contribution in [0.15, 0.2) is 0 Å². The number of nitrogens with zero attached hydrogens (tertiary/aromatic N) is 1. The van der Waals surface area contributed by atoms with Crippen LogP contribution >= 0.6 is 0 Å². The number of fused-ring (bicyclic) bond motifs is 1. The number of amides is 1. The van der Waals surface area contributed by atoms with Gasteiger partial charge in [0.05, 0.1) is 30.1 Å². The molecule has 0 aromatic heterocycles. The first-order valence-corrected chi connectivity index (χ1v) is 6.15. The molecule has 1 amide bonds. The van der Waals surface area contributed by atoms with E-state index in [-0.39, 0.29) is 29.6 Å². The third kappa shape index (κ3) is 2.47. The number of esters is 1. The Hall–Kier alpha value is -0.630. The van der Waals surface area contributed by atoms with Crippen LogP contribution in [0.3, 0.4) is 0 Å². The van der Waals surface area contributed by atoms with Gasteiger partial charge in [-0.3, -0.25) is 9.59 Å². The molecule has 1 N–H and O–H groups in total. The van der Waals surface area contributed by atoms with Gasteiger partial charge in [0.1, 0.15) is 6.10 Å². The minimum atomic E-state index is -1.37. The number of hydrogen-bond acceptors (Lipinski definition) is 6. The molecule has 0 bridgehead atoms. The first kappa shape index (κ1) is 17.4. The Balaban J connectivity index is 0.00000200. The fourth-order valence-corrected chi connectivity index (χ4v) is 3.15. The van der Waals surface area contributed by atoms with Crippen LogP contribution in [0.2, 0.25) is 0 Å². The number of ether oxygens (including phenoxy) is 1. The molecule has 8 heteroatoms. The summed E-state index contributed by atoms with van der Waals surface area (Å²) in [6.45, 7) is 4.35. The summed E-state index contributed by atoms with van der Waals surface area (Å²) in [5.41, 5.74) is 0. The monoisotopic (exact) mass is 293 g/mol. The molecule has 2 fully saturated rings. The van der Waals surface area contributed by atoms with Crippen LogP contribution in [0.5, 0.6) is 0 Å². The summed E-state index contributed by atoms with van der Waals surface area (Å²) in [5.74, 6) is -3.60. The second kappa shape index (κ2) is 6.01. The topological polar surface area (TPSA) is 107 Å². The number of hydrogen-bond donors (Lipinski definition) is 1. The van der Waals surface area contributed by atoms with Crippen LogP contribution in [0.4, 0.5) is 0 Å². The van der Waals surface area contributed by atoms with Gasteiger partial charge in [-0.1, -0.05) is 6.92 Å². The van der Waals surface area contributed by atoms with Crippen molar-refractivity contribution in [2.45, 2.75) is 45.1 Å². The molecule has 2 saturated heterocycles. The third-order valence-corrected chi connectivity index (χ3v) is 4.01. The zero-order valence-corrected chi connectivity index (χ0v) is 13.9. The third-order valence-electron chi connectivity index (χ3n) is 4.01. The summed E-state index contributed by atoms with van der Waals surface area (Å²) in [7, 11) is 0. The Bertz CT molecular complexity index is 442. The van der Waals surface area contributed by atoms with Crippen molar-refractivity contribution in [3.05, 3.63) is 0 Å². The minimum Gasteiger partial charge on any atom is -0.548 e. The first-order chi connectivity index (χ1) is 8.77. The van der Waals surface area contributed by atoms with E-state index in [9.17, 15) is 24.6 Å². The van der Waals surface area contributed by atoms with Gasteiger partial charge in [-0.15, -0.1) is 0 Å². The molecule has 0 aromatic carbocycles. The molecular formula is C12H16NNaO6. The van der Waals surface area contributed by atoms with Crippen molar-refractivity contribution >= 4 is 17.8 Å². The maximum absolute atomic E-state index is 12.0. The number of carbonyl (C=O) groups excluding carboxylic acids is 3. The van der Waals surface area contributed by atoms with E-state index < -0.39 is 54.0 Å². The second-order valence-corrected chi connectivity index (χ2v) is 5.19. The minimum absolute atomic E-state index is 0.